The fourth-order valence-electron chi connectivity index (χ4n) is 2.54. The number of ether oxygens (including phenoxy) is 1. The monoisotopic (exact) mass is 386 g/mol. The molecule has 0 unspecified atom stereocenters. The van der Waals surface area contributed by atoms with Gasteiger partial charge in [-0.25, -0.2) is 9.69 Å². The number of imide groups is 2. The summed E-state index contributed by atoms with van der Waals surface area (Å²) in [6.45, 7) is 2.10. The molecule has 0 saturated carbocycles. The van der Waals surface area contributed by atoms with Crippen LogP contribution in [0.4, 0.5) is 10.5 Å². The Morgan fingerprint density at radius 3 is 2.52 bits per heavy atom. The van der Waals surface area contributed by atoms with Gasteiger partial charge >= 0.3 is 6.03 Å². The van der Waals surface area contributed by atoms with Crippen molar-refractivity contribution in [3.05, 3.63) is 58.6 Å². The van der Waals surface area contributed by atoms with E-state index in [9.17, 15) is 19.5 Å². The molecule has 0 radical (unpaired) electrons. The third-order valence-electron chi connectivity index (χ3n) is 3.78. The van der Waals surface area contributed by atoms with Gasteiger partial charge in [-0.05, 0) is 55.0 Å². The number of nitrogens with one attached hydrogen (secondary N) is 1. The molecule has 0 aromatic heterocycles. The molecule has 2 N–H and O–H groups in total. The Labute approximate surface area is 159 Å². The van der Waals surface area contributed by atoms with Gasteiger partial charge < -0.3 is 9.84 Å². The lowest BCUT2D eigenvalue weighted by atomic mass is 10.1. The standard InChI is InChI=1S/C19H15ClN2O5/c1-2-27-16-10-11(3-8-15(16)23)9-14-17(24)21-19(26)22(18(14)25)13-6-4-12(20)5-7-13/h3-10,23H,2H2,1H3,(H,21,24,26)/b14-9+. The van der Waals surface area contributed by atoms with Crippen molar-refractivity contribution >= 4 is 41.2 Å². The van der Waals surface area contributed by atoms with Gasteiger partial charge in [0.2, 0.25) is 0 Å². The third-order valence-corrected chi connectivity index (χ3v) is 4.03. The highest BCUT2D eigenvalue weighted by Crippen LogP contribution is 2.29. The SMILES string of the molecule is CCOc1cc(/C=C2\C(=O)NC(=O)N(c3ccc(Cl)cc3)C2=O)ccc1O. The lowest BCUT2D eigenvalue weighted by molar-refractivity contribution is -0.122. The van der Waals surface area contributed by atoms with E-state index >= 15 is 0 Å². The Hall–Kier alpha value is -3.32. The zero-order valence-corrected chi connectivity index (χ0v) is 15.0. The lowest BCUT2D eigenvalue weighted by Crippen LogP contribution is -2.54. The number of halogens is 1. The number of carbonyl (C=O) groups is 3. The van der Waals surface area contributed by atoms with E-state index in [0.29, 0.717) is 17.2 Å². The maximum absolute atomic E-state index is 12.8. The average molecular weight is 387 g/mol. The maximum atomic E-state index is 12.8. The van der Waals surface area contributed by atoms with E-state index in [2.05, 4.69) is 5.32 Å². The Balaban J connectivity index is 1.99. The number of amides is 4. The first kappa shape index (κ1) is 18.5. The second-order valence-corrected chi connectivity index (χ2v) is 6.03. The quantitative estimate of drug-likeness (QED) is 0.621. The Kier molecular flexibility index (Phi) is 5.14. The molecule has 3 rings (SSSR count). The highest BCUT2D eigenvalue weighted by atomic mass is 35.5. The number of anilines is 1. The van der Waals surface area contributed by atoms with Crippen LogP contribution in [0, 0.1) is 0 Å². The first-order valence-corrected chi connectivity index (χ1v) is 8.41. The van der Waals surface area contributed by atoms with E-state index in [-0.39, 0.29) is 22.8 Å². The summed E-state index contributed by atoms with van der Waals surface area (Å²) in [6, 6.07) is 9.64. The molecule has 1 heterocycles. The molecule has 1 saturated heterocycles. The number of barbiturate groups is 1. The highest BCUT2D eigenvalue weighted by Gasteiger charge is 2.36. The number of phenols is 1. The van der Waals surface area contributed by atoms with Crippen molar-refractivity contribution in [3.63, 3.8) is 0 Å². The number of nitrogens with zero attached hydrogens (tertiary/aromatic N) is 1. The summed E-state index contributed by atoms with van der Waals surface area (Å²) in [5, 5.41) is 12.4. The van der Waals surface area contributed by atoms with Crippen LogP contribution in [0.15, 0.2) is 48.0 Å². The minimum Gasteiger partial charge on any atom is -0.504 e. The van der Waals surface area contributed by atoms with Crippen molar-refractivity contribution < 1.29 is 24.2 Å². The van der Waals surface area contributed by atoms with Crippen molar-refractivity contribution in [2.45, 2.75) is 6.92 Å². The molecule has 27 heavy (non-hydrogen) atoms. The summed E-state index contributed by atoms with van der Waals surface area (Å²) in [4.78, 5) is 38.0. The molecular formula is C19H15ClN2O5. The molecule has 1 aliphatic rings. The van der Waals surface area contributed by atoms with Gasteiger partial charge in [0.15, 0.2) is 11.5 Å². The Morgan fingerprint density at radius 2 is 1.85 bits per heavy atom. The number of carbonyl (C=O) groups excluding carboxylic acids is 3. The average Bonchev–Trinajstić information content (AvgIpc) is 2.63. The summed E-state index contributed by atoms with van der Waals surface area (Å²) in [7, 11) is 0. The summed E-state index contributed by atoms with van der Waals surface area (Å²) >= 11 is 5.83. The van der Waals surface area contributed by atoms with Crippen molar-refractivity contribution in [1.82, 2.24) is 5.32 Å². The van der Waals surface area contributed by atoms with Gasteiger partial charge in [0, 0.05) is 5.02 Å². The summed E-state index contributed by atoms with van der Waals surface area (Å²) < 4.78 is 5.30. The summed E-state index contributed by atoms with van der Waals surface area (Å²) in [5.74, 6) is -1.41. The number of aromatic hydroxyl groups is 1. The van der Waals surface area contributed by atoms with Gasteiger partial charge in [0.05, 0.1) is 12.3 Å². The van der Waals surface area contributed by atoms with E-state index in [4.69, 9.17) is 16.3 Å². The molecule has 7 nitrogen and oxygen atoms in total. The van der Waals surface area contributed by atoms with Crippen LogP contribution in [0.5, 0.6) is 11.5 Å². The molecular weight excluding hydrogens is 372 g/mol. The van der Waals surface area contributed by atoms with Crippen LogP contribution in [0.25, 0.3) is 6.08 Å². The smallest absolute Gasteiger partial charge is 0.335 e. The van der Waals surface area contributed by atoms with Gasteiger partial charge in [-0.15, -0.1) is 0 Å². The summed E-state index contributed by atoms with van der Waals surface area (Å²) in [5.41, 5.74) is 0.513. The Morgan fingerprint density at radius 1 is 1.15 bits per heavy atom. The predicted octanol–water partition coefficient (Wildman–Crippen LogP) is 3.11. The topological polar surface area (TPSA) is 95.9 Å². The van der Waals surface area contributed by atoms with Gasteiger partial charge in [-0.1, -0.05) is 17.7 Å². The number of rotatable bonds is 4. The molecule has 1 fully saturated rings. The minimum absolute atomic E-state index is 0.0589. The van der Waals surface area contributed by atoms with E-state index in [1.165, 1.54) is 48.5 Å². The van der Waals surface area contributed by atoms with E-state index in [1.54, 1.807) is 6.92 Å². The molecule has 0 bridgehead atoms. The van der Waals surface area contributed by atoms with Gasteiger partial charge in [0.1, 0.15) is 5.57 Å². The Bertz CT molecular complexity index is 953. The molecule has 4 amide bonds. The van der Waals surface area contributed by atoms with Crippen molar-refractivity contribution in [2.24, 2.45) is 0 Å². The molecule has 0 spiro atoms. The molecule has 138 valence electrons. The molecule has 0 atom stereocenters. The molecule has 2 aromatic rings. The van der Waals surface area contributed by atoms with Crippen LogP contribution in [0.2, 0.25) is 5.02 Å². The second-order valence-electron chi connectivity index (χ2n) is 5.59. The van der Waals surface area contributed by atoms with Crippen molar-refractivity contribution in [1.29, 1.82) is 0 Å². The minimum atomic E-state index is -0.842. The second kappa shape index (κ2) is 7.51. The number of phenolic OH excluding ortho intramolecular Hbond substituents is 1. The van der Waals surface area contributed by atoms with Crippen LogP contribution in [-0.4, -0.2) is 29.6 Å². The number of urea groups is 1. The van der Waals surface area contributed by atoms with Crippen LogP contribution >= 0.6 is 11.6 Å². The third kappa shape index (κ3) is 3.78. The van der Waals surface area contributed by atoms with Crippen molar-refractivity contribution in [3.8, 4) is 11.5 Å². The van der Waals surface area contributed by atoms with Crippen LogP contribution in [0.1, 0.15) is 12.5 Å². The number of hydrogen-bond acceptors (Lipinski definition) is 5. The number of benzene rings is 2. The predicted molar refractivity (Wildman–Crippen MR) is 99.7 cm³/mol. The first-order chi connectivity index (χ1) is 12.9. The van der Waals surface area contributed by atoms with E-state index in [1.807, 2.05) is 0 Å². The lowest BCUT2D eigenvalue weighted by Gasteiger charge is -2.26. The molecule has 0 aliphatic carbocycles. The molecule has 2 aromatic carbocycles. The molecule has 8 heteroatoms. The van der Waals surface area contributed by atoms with Gasteiger partial charge in [0.25, 0.3) is 11.8 Å². The fraction of sp³-hybridized carbons (Fsp3) is 0.105. The van der Waals surface area contributed by atoms with Crippen LogP contribution in [0.3, 0.4) is 0 Å². The fourth-order valence-corrected chi connectivity index (χ4v) is 2.67. The molecule has 1 aliphatic heterocycles. The zero-order valence-electron chi connectivity index (χ0n) is 14.2. The highest BCUT2D eigenvalue weighted by molar-refractivity contribution is 6.39. The van der Waals surface area contributed by atoms with E-state index in [0.717, 1.165) is 4.90 Å². The normalized spacial score (nSPS) is 15.9. The van der Waals surface area contributed by atoms with Crippen LogP contribution < -0.4 is 15.0 Å². The number of hydrogen-bond donors (Lipinski definition) is 2. The largest absolute Gasteiger partial charge is 0.504 e. The zero-order chi connectivity index (χ0) is 19.6. The van der Waals surface area contributed by atoms with E-state index < -0.39 is 17.8 Å². The van der Waals surface area contributed by atoms with Gasteiger partial charge in [-0.3, -0.25) is 14.9 Å². The van der Waals surface area contributed by atoms with Gasteiger partial charge in [-0.2, -0.15) is 0 Å². The van der Waals surface area contributed by atoms with Crippen molar-refractivity contribution in [2.75, 3.05) is 11.5 Å². The first-order valence-electron chi connectivity index (χ1n) is 8.03. The van der Waals surface area contributed by atoms with Crippen LogP contribution in [-0.2, 0) is 9.59 Å². The summed E-state index contributed by atoms with van der Waals surface area (Å²) in [6.07, 6.45) is 1.33. The maximum Gasteiger partial charge on any atom is 0.335 e.